The molecule has 37 heavy (non-hydrogen) atoms. The van der Waals surface area contributed by atoms with Gasteiger partial charge in [0, 0.05) is 7.05 Å². The van der Waals surface area contributed by atoms with Gasteiger partial charge in [0.2, 0.25) is 0 Å². The maximum absolute atomic E-state index is 12.6. The van der Waals surface area contributed by atoms with Crippen LogP contribution in [0.2, 0.25) is 5.15 Å². The van der Waals surface area contributed by atoms with E-state index in [1.54, 1.807) is 52.1 Å². The molecule has 0 saturated heterocycles. The molecule has 4 rings (SSSR count). The highest BCUT2D eigenvalue weighted by atomic mass is 35.5. The van der Waals surface area contributed by atoms with Crippen LogP contribution >= 0.6 is 11.6 Å². The number of benzene rings is 2. The Balaban J connectivity index is 0.000000487. The predicted octanol–water partition coefficient (Wildman–Crippen LogP) is 6.50. The first-order valence-electron chi connectivity index (χ1n) is 12.0. The number of amides is 1. The molecule has 0 atom stereocenters. The van der Waals surface area contributed by atoms with Crippen molar-refractivity contribution in [3.05, 3.63) is 76.6 Å². The largest absolute Gasteiger partial charge is 0.457 e. The number of carbonyl (C=O) groups is 1. The highest BCUT2D eigenvalue weighted by Gasteiger charge is 2.17. The Bertz CT molecular complexity index is 1310. The van der Waals surface area contributed by atoms with Gasteiger partial charge in [-0.2, -0.15) is 0 Å². The van der Waals surface area contributed by atoms with Crippen molar-refractivity contribution in [1.82, 2.24) is 19.1 Å². The minimum atomic E-state index is -0.725. The fraction of sp³-hybridized carbons (Fsp3) is 0.333. The second-order valence-corrected chi connectivity index (χ2v) is 8.31. The number of halogens is 1. The Morgan fingerprint density at radius 3 is 1.95 bits per heavy atom. The summed E-state index contributed by atoms with van der Waals surface area (Å²) in [4.78, 5) is 30.7. The summed E-state index contributed by atoms with van der Waals surface area (Å²) < 4.78 is 13.3. The van der Waals surface area contributed by atoms with E-state index in [0.717, 1.165) is 5.75 Å². The molecule has 0 unspecified atom stereocenters. The van der Waals surface area contributed by atoms with E-state index in [1.807, 2.05) is 58.0 Å². The maximum atomic E-state index is 12.6. The van der Waals surface area contributed by atoms with E-state index in [9.17, 15) is 9.59 Å². The highest BCUT2D eigenvalue weighted by molar-refractivity contribution is 6.33. The van der Waals surface area contributed by atoms with E-state index in [-0.39, 0.29) is 10.8 Å². The lowest BCUT2D eigenvalue weighted by Crippen LogP contribution is -2.27. The molecule has 2 heterocycles. The van der Waals surface area contributed by atoms with Crippen LogP contribution in [0.1, 0.15) is 48.5 Å². The molecule has 4 aromatic rings. The third-order valence-corrected chi connectivity index (χ3v) is 4.54. The third kappa shape index (κ3) is 8.95. The van der Waals surface area contributed by atoms with Gasteiger partial charge in [0.05, 0.1) is 5.69 Å². The molecular weight excluding hydrogens is 494 g/mol. The zero-order chi connectivity index (χ0) is 28.2. The number of primary amides is 1. The summed E-state index contributed by atoms with van der Waals surface area (Å²) in [6.45, 7) is 13.3. The van der Waals surface area contributed by atoms with Crippen LogP contribution in [0.4, 0.5) is 4.79 Å². The predicted molar refractivity (Wildman–Crippen MR) is 149 cm³/mol. The van der Waals surface area contributed by atoms with Crippen LogP contribution in [0.25, 0.3) is 16.9 Å². The van der Waals surface area contributed by atoms with Crippen LogP contribution in [0, 0.1) is 0 Å². The lowest BCUT2D eigenvalue weighted by Gasteiger charge is -2.16. The summed E-state index contributed by atoms with van der Waals surface area (Å²) in [6, 6.07) is 16.7. The van der Waals surface area contributed by atoms with Gasteiger partial charge in [-0.3, -0.25) is 9.13 Å². The van der Waals surface area contributed by atoms with E-state index in [2.05, 4.69) is 14.7 Å². The number of rotatable bonds is 3. The highest BCUT2D eigenvalue weighted by Crippen LogP contribution is 2.25. The molecule has 0 radical (unpaired) electrons. The molecular formula is C27H36ClN5O4. The van der Waals surface area contributed by atoms with Gasteiger partial charge in [-0.25, -0.2) is 19.6 Å². The maximum Gasteiger partial charge on any atom is 0.405 e. The van der Waals surface area contributed by atoms with E-state index < -0.39 is 11.7 Å². The molecule has 2 aromatic carbocycles. The molecule has 9 nitrogen and oxygen atoms in total. The third-order valence-electron chi connectivity index (χ3n) is 4.26. The number of hydrogen-bond acceptors (Lipinski definition) is 6. The second kappa shape index (κ2) is 14.6. The Hall–Kier alpha value is -3.85. The average Bonchev–Trinajstić information content (AvgIpc) is 3.13. The molecule has 0 aliphatic heterocycles. The van der Waals surface area contributed by atoms with Crippen molar-refractivity contribution in [3.63, 3.8) is 0 Å². The summed E-state index contributed by atoms with van der Waals surface area (Å²) in [5, 5.41) is 0.229. The summed E-state index contributed by atoms with van der Waals surface area (Å²) in [5.41, 5.74) is 5.64. The quantitative estimate of drug-likeness (QED) is 0.303. The van der Waals surface area contributed by atoms with Crippen LogP contribution in [-0.4, -0.2) is 30.8 Å². The number of nitrogens with two attached hydrogens (primary N) is 1. The molecule has 10 heteroatoms. The molecule has 0 aliphatic carbocycles. The first-order chi connectivity index (χ1) is 17.6. The molecule has 0 fully saturated rings. The van der Waals surface area contributed by atoms with Crippen molar-refractivity contribution in [2.24, 2.45) is 12.8 Å². The number of para-hydroxylation sites is 1. The van der Waals surface area contributed by atoms with Gasteiger partial charge >= 0.3 is 11.8 Å². The first kappa shape index (κ1) is 31.2. The second-order valence-electron chi connectivity index (χ2n) is 7.96. The van der Waals surface area contributed by atoms with E-state index in [1.165, 1.54) is 15.5 Å². The number of carbonyl (C=O) groups excluding carboxylic acids is 1. The molecule has 0 aliphatic rings. The summed E-state index contributed by atoms with van der Waals surface area (Å²) in [7, 11) is 1.65. The average molecular weight is 530 g/mol. The fourth-order valence-electron chi connectivity index (χ4n) is 2.95. The zero-order valence-corrected chi connectivity index (χ0v) is 23.4. The minimum absolute atomic E-state index is 0.229. The van der Waals surface area contributed by atoms with Crippen LogP contribution in [-0.2, 0) is 11.8 Å². The minimum Gasteiger partial charge on any atom is -0.457 e. The number of aromatic nitrogens is 4. The van der Waals surface area contributed by atoms with Crippen molar-refractivity contribution in [2.45, 2.75) is 54.1 Å². The topological polar surface area (TPSA) is 114 Å². The Kier molecular flexibility index (Phi) is 12.3. The Morgan fingerprint density at radius 2 is 1.46 bits per heavy atom. The Morgan fingerprint density at radius 1 is 0.919 bits per heavy atom. The molecule has 2 aromatic heterocycles. The van der Waals surface area contributed by atoms with Crippen molar-refractivity contribution in [1.29, 1.82) is 0 Å². The zero-order valence-electron chi connectivity index (χ0n) is 22.7. The number of aryl methyl sites for hydroxylation is 1. The number of imidazole rings is 1. The first-order valence-corrected chi connectivity index (χ1v) is 12.3. The van der Waals surface area contributed by atoms with E-state index >= 15 is 0 Å². The van der Waals surface area contributed by atoms with Crippen LogP contribution < -0.4 is 16.2 Å². The molecule has 0 bridgehead atoms. The van der Waals surface area contributed by atoms with Gasteiger partial charge in [-0.05, 0) is 57.2 Å². The van der Waals surface area contributed by atoms with Crippen LogP contribution in [0.15, 0.2) is 65.7 Å². The van der Waals surface area contributed by atoms with Gasteiger partial charge in [-0.15, -0.1) is 0 Å². The summed E-state index contributed by atoms with van der Waals surface area (Å²) in [6.07, 6.45) is 0.614. The smallest absolute Gasteiger partial charge is 0.405 e. The van der Waals surface area contributed by atoms with E-state index in [4.69, 9.17) is 22.1 Å². The van der Waals surface area contributed by atoms with Crippen LogP contribution in [0.5, 0.6) is 11.5 Å². The summed E-state index contributed by atoms with van der Waals surface area (Å²) in [5.74, 6) is 1.42. The van der Waals surface area contributed by atoms with Gasteiger partial charge in [0.1, 0.15) is 28.9 Å². The van der Waals surface area contributed by atoms with Crippen molar-refractivity contribution in [2.75, 3.05) is 0 Å². The van der Waals surface area contributed by atoms with Gasteiger partial charge in [0.15, 0.2) is 10.8 Å². The molecule has 0 spiro atoms. The standard InChI is InChI=1S/C18H13ClN4O2.C5H11NO2.2C2H6/c1-22-17-15(16(19)20-11-21-17)23(18(22)24)12-7-9-14(10-8-12)25-13-5-3-2-4-6-13;1-5(2,3)8-4(6)7;2*1-2/h2-11H,1H3;1-3H3,(H2,6,7);2*1-2H3. The fourth-order valence-corrected chi connectivity index (χ4v) is 3.16. The number of hydrogen-bond donors (Lipinski definition) is 1. The van der Waals surface area contributed by atoms with Crippen molar-refractivity contribution < 1.29 is 14.3 Å². The lowest BCUT2D eigenvalue weighted by molar-refractivity contribution is 0.0600. The summed E-state index contributed by atoms with van der Waals surface area (Å²) >= 11 is 6.19. The lowest BCUT2D eigenvalue weighted by atomic mass is 10.2. The number of fused-ring (bicyclic) bond motifs is 1. The van der Waals surface area contributed by atoms with Gasteiger partial charge in [-0.1, -0.05) is 57.5 Å². The van der Waals surface area contributed by atoms with Crippen molar-refractivity contribution >= 4 is 28.9 Å². The number of nitrogens with zero attached hydrogens (tertiary/aromatic N) is 4. The molecule has 1 amide bonds. The monoisotopic (exact) mass is 529 g/mol. The molecule has 200 valence electrons. The SMILES string of the molecule is CC.CC.CC(C)(C)OC(N)=O.Cn1c(=O)n(-c2ccc(Oc3ccccc3)cc2)c2c(Cl)ncnc21. The van der Waals surface area contributed by atoms with E-state index in [0.29, 0.717) is 22.6 Å². The van der Waals surface area contributed by atoms with Gasteiger partial charge in [0.25, 0.3) is 0 Å². The molecule has 0 saturated carbocycles. The Labute approximate surface area is 222 Å². The molecule has 2 N–H and O–H groups in total. The normalized spacial score (nSPS) is 10.1. The van der Waals surface area contributed by atoms with Crippen molar-refractivity contribution in [3.8, 4) is 17.2 Å². The van der Waals surface area contributed by atoms with Crippen LogP contribution in [0.3, 0.4) is 0 Å². The number of ether oxygens (including phenoxy) is 2. The van der Waals surface area contributed by atoms with Gasteiger partial charge < -0.3 is 15.2 Å².